The largest absolute Gasteiger partial charge is 0.484 e. The van der Waals surface area contributed by atoms with E-state index in [1.165, 1.54) is 0 Å². The summed E-state index contributed by atoms with van der Waals surface area (Å²) in [5.74, 6) is 3.09. The molecule has 0 bridgehead atoms. The van der Waals surface area contributed by atoms with Gasteiger partial charge in [0.05, 0.1) is 0 Å². The quantitative estimate of drug-likeness (QED) is 0.721. The van der Waals surface area contributed by atoms with E-state index >= 15 is 0 Å². The molecule has 2 fully saturated rings. The van der Waals surface area contributed by atoms with E-state index in [2.05, 4.69) is 0 Å². The average Bonchev–Trinajstić information content (AvgIpc) is 3.23. The third kappa shape index (κ3) is 4.52. The van der Waals surface area contributed by atoms with Gasteiger partial charge in [-0.1, -0.05) is 24.3 Å². The van der Waals surface area contributed by atoms with Gasteiger partial charge in [-0.25, -0.2) is 0 Å². The highest BCUT2D eigenvalue weighted by atomic mass is 16.7. The molecule has 2 saturated heterocycles. The van der Waals surface area contributed by atoms with E-state index in [9.17, 15) is 9.59 Å². The average molecular weight is 437 g/mol. The topological polar surface area (TPSA) is 68.3 Å². The van der Waals surface area contributed by atoms with Crippen molar-refractivity contribution in [2.45, 2.75) is 25.8 Å². The molecule has 5 rings (SSSR count). The Morgan fingerprint density at radius 3 is 2.69 bits per heavy atom. The summed E-state index contributed by atoms with van der Waals surface area (Å²) in [6, 6.07) is 15.3. The van der Waals surface area contributed by atoms with Gasteiger partial charge in [0.1, 0.15) is 5.75 Å². The lowest BCUT2D eigenvalue weighted by Gasteiger charge is -2.37. The van der Waals surface area contributed by atoms with Gasteiger partial charge in [-0.2, -0.15) is 0 Å². The fourth-order valence-corrected chi connectivity index (χ4v) is 4.88. The number of nitrogens with zero attached hydrogens (tertiary/aromatic N) is 2. The Kier molecular flexibility index (Phi) is 5.88. The lowest BCUT2D eigenvalue weighted by molar-refractivity contribution is -0.136. The maximum atomic E-state index is 13.0. The van der Waals surface area contributed by atoms with Crippen LogP contribution in [-0.2, 0) is 16.1 Å². The van der Waals surface area contributed by atoms with Crippen LogP contribution in [0.4, 0.5) is 0 Å². The Labute approximate surface area is 187 Å². The fourth-order valence-electron chi connectivity index (χ4n) is 4.88. The number of carbonyl (C=O) groups is 2. The molecule has 0 saturated carbocycles. The van der Waals surface area contributed by atoms with Crippen molar-refractivity contribution in [3.05, 3.63) is 54.1 Å². The van der Waals surface area contributed by atoms with Crippen LogP contribution in [-0.4, -0.2) is 54.6 Å². The molecule has 32 heavy (non-hydrogen) atoms. The summed E-state index contributed by atoms with van der Waals surface area (Å²) < 4.78 is 16.5. The Balaban J connectivity index is 1.17. The maximum absolute atomic E-state index is 13.0. The molecule has 2 aromatic carbocycles. The Bertz CT molecular complexity index is 980. The molecule has 7 nitrogen and oxygen atoms in total. The molecular formula is C25H28N2O5. The van der Waals surface area contributed by atoms with Gasteiger partial charge < -0.3 is 24.0 Å². The van der Waals surface area contributed by atoms with E-state index in [0.717, 1.165) is 29.9 Å². The van der Waals surface area contributed by atoms with Gasteiger partial charge in [0.15, 0.2) is 18.1 Å². The summed E-state index contributed by atoms with van der Waals surface area (Å²) in [5, 5.41) is 0. The minimum absolute atomic E-state index is 0.0140. The summed E-state index contributed by atoms with van der Waals surface area (Å²) >= 11 is 0. The van der Waals surface area contributed by atoms with Gasteiger partial charge in [0, 0.05) is 32.6 Å². The van der Waals surface area contributed by atoms with Crippen molar-refractivity contribution in [2.75, 3.05) is 33.0 Å². The zero-order valence-electron chi connectivity index (χ0n) is 18.1. The van der Waals surface area contributed by atoms with Crippen LogP contribution >= 0.6 is 0 Å². The lowest BCUT2D eigenvalue weighted by atomic mass is 9.82. The number of hydrogen-bond acceptors (Lipinski definition) is 5. The zero-order chi connectivity index (χ0) is 21.9. The molecule has 7 heteroatoms. The summed E-state index contributed by atoms with van der Waals surface area (Å²) in [7, 11) is 0. The Morgan fingerprint density at radius 1 is 1.00 bits per heavy atom. The number of benzene rings is 2. The monoisotopic (exact) mass is 436 g/mol. The first-order valence-electron chi connectivity index (χ1n) is 11.3. The summed E-state index contributed by atoms with van der Waals surface area (Å²) in [4.78, 5) is 29.5. The van der Waals surface area contributed by atoms with E-state index in [1.807, 2.05) is 58.3 Å². The van der Waals surface area contributed by atoms with Crippen molar-refractivity contribution in [1.82, 2.24) is 9.80 Å². The second-order valence-corrected chi connectivity index (χ2v) is 8.75. The molecule has 3 aliphatic heterocycles. The number of amides is 2. The number of ether oxygens (including phenoxy) is 3. The number of para-hydroxylation sites is 1. The van der Waals surface area contributed by atoms with Crippen LogP contribution in [0, 0.1) is 11.8 Å². The standard InChI is InChI=1S/C25H28N2O5/c28-24-13-19-8-10-27(25(29)16-30-21-4-2-1-3-5-21)15-20(19)9-11-26(24)14-18-6-7-22-23(12-18)32-17-31-22/h1-7,12,19-20H,8-11,13-17H2/t19-,20+/m1/s1. The summed E-state index contributed by atoms with van der Waals surface area (Å²) in [6.07, 6.45) is 2.33. The van der Waals surface area contributed by atoms with E-state index in [0.29, 0.717) is 50.2 Å². The molecular weight excluding hydrogens is 408 g/mol. The predicted octanol–water partition coefficient (Wildman–Crippen LogP) is 3.08. The molecule has 2 aromatic rings. The molecule has 168 valence electrons. The molecule has 0 spiro atoms. The van der Waals surface area contributed by atoms with Crippen LogP contribution in [0.15, 0.2) is 48.5 Å². The van der Waals surface area contributed by atoms with Crippen LogP contribution in [0.25, 0.3) is 0 Å². The molecule has 2 amide bonds. The van der Waals surface area contributed by atoms with E-state index in [4.69, 9.17) is 14.2 Å². The minimum Gasteiger partial charge on any atom is -0.484 e. The number of piperidine rings is 1. The van der Waals surface area contributed by atoms with Crippen molar-refractivity contribution in [3.63, 3.8) is 0 Å². The molecule has 3 heterocycles. The van der Waals surface area contributed by atoms with Gasteiger partial charge in [-0.15, -0.1) is 0 Å². The molecule has 3 aliphatic rings. The first-order valence-corrected chi connectivity index (χ1v) is 11.3. The van der Waals surface area contributed by atoms with Gasteiger partial charge in [0.25, 0.3) is 5.91 Å². The Morgan fingerprint density at radius 2 is 1.81 bits per heavy atom. The Hall–Kier alpha value is -3.22. The SMILES string of the molecule is O=C1C[C@H]2CCN(C(=O)COc3ccccc3)C[C@@H]2CCN1Cc1ccc2c(c1)OCO2. The molecule has 0 N–H and O–H groups in total. The van der Waals surface area contributed by atoms with Crippen molar-refractivity contribution >= 4 is 11.8 Å². The van der Waals surface area contributed by atoms with Crippen molar-refractivity contribution in [3.8, 4) is 17.2 Å². The number of carbonyl (C=O) groups excluding carboxylic acids is 2. The second-order valence-electron chi connectivity index (χ2n) is 8.75. The highest BCUT2D eigenvalue weighted by molar-refractivity contribution is 5.78. The highest BCUT2D eigenvalue weighted by Gasteiger charge is 2.36. The summed E-state index contributed by atoms with van der Waals surface area (Å²) in [6.45, 7) is 2.97. The van der Waals surface area contributed by atoms with Gasteiger partial charge in [0.2, 0.25) is 12.7 Å². The van der Waals surface area contributed by atoms with E-state index in [-0.39, 0.29) is 25.2 Å². The van der Waals surface area contributed by atoms with Crippen LogP contribution in [0.2, 0.25) is 0 Å². The molecule has 0 unspecified atom stereocenters. The van der Waals surface area contributed by atoms with Crippen LogP contribution < -0.4 is 14.2 Å². The minimum atomic E-state index is 0.0140. The lowest BCUT2D eigenvalue weighted by Crippen LogP contribution is -2.45. The van der Waals surface area contributed by atoms with Gasteiger partial charge in [-0.3, -0.25) is 9.59 Å². The molecule has 0 aliphatic carbocycles. The van der Waals surface area contributed by atoms with Gasteiger partial charge >= 0.3 is 0 Å². The highest BCUT2D eigenvalue weighted by Crippen LogP contribution is 2.35. The number of hydrogen-bond donors (Lipinski definition) is 0. The molecule has 0 aromatic heterocycles. The fraction of sp³-hybridized carbons (Fsp3) is 0.440. The van der Waals surface area contributed by atoms with Crippen LogP contribution in [0.5, 0.6) is 17.2 Å². The second kappa shape index (κ2) is 9.10. The number of rotatable bonds is 5. The van der Waals surface area contributed by atoms with Crippen molar-refractivity contribution in [2.24, 2.45) is 11.8 Å². The normalized spacial score (nSPS) is 22.3. The summed E-state index contributed by atoms with van der Waals surface area (Å²) in [5.41, 5.74) is 1.04. The third-order valence-corrected chi connectivity index (χ3v) is 6.72. The zero-order valence-corrected chi connectivity index (χ0v) is 18.1. The van der Waals surface area contributed by atoms with Crippen molar-refractivity contribution in [1.29, 1.82) is 0 Å². The van der Waals surface area contributed by atoms with Crippen LogP contribution in [0.3, 0.4) is 0 Å². The van der Waals surface area contributed by atoms with Gasteiger partial charge in [-0.05, 0) is 54.5 Å². The number of likely N-dealkylation sites (tertiary alicyclic amines) is 2. The maximum Gasteiger partial charge on any atom is 0.260 e. The number of fused-ring (bicyclic) bond motifs is 2. The molecule has 0 radical (unpaired) electrons. The van der Waals surface area contributed by atoms with E-state index in [1.54, 1.807) is 0 Å². The first kappa shape index (κ1) is 20.7. The predicted molar refractivity (Wildman–Crippen MR) is 117 cm³/mol. The van der Waals surface area contributed by atoms with Crippen LogP contribution in [0.1, 0.15) is 24.8 Å². The smallest absolute Gasteiger partial charge is 0.260 e. The van der Waals surface area contributed by atoms with E-state index < -0.39 is 0 Å². The molecule has 2 atom stereocenters. The first-order chi connectivity index (χ1) is 15.7. The van der Waals surface area contributed by atoms with Crippen molar-refractivity contribution < 1.29 is 23.8 Å². The third-order valence-electron chi connectivity index (χ3n) is 6.72.